The van der Waals surface area contributed by atoms with E-state index in [0.717, 1.165) is 30.3 Å². The number of aliphatic imine (C=N–C) groups is 1. The van der Waals surface area contributed by atoms with Crippen molar-refractivity contribution in [2.75, 3.05) is 12.3 Å². The van der Waals surface area contributed by atoms with Crippen LogP contribution >= 0.6 is 11.8 Å². The largest absolute Gasteiger partial charge is 0.503 e. The molecule has 1 aliphatic rings. The maximum atomic E-state index is 11.2. The van der Waals surface area contributed by atoms with E-state index in [1.807, 2.05) is 4.57 Å². The lowest BCUT2D eigenvalue weighted by atomic mass is 10.3. The first-order valence-corrected chi connectivity index (χ1v) is 6.22. The van der Waals surface area contributed by atoms with E-state index in [1.165, 1.54) is 6.07 Å². The Hall–Kier alpha value is -1.23. The first-order chi connectivity index (χ1) is 7.68. The van der Waals surface area contributed by atoms with E-state index in [4.69, 9.17) is 0 Å². The van der Waals surface area contributed by atoms with Crippen LogP contribution in [0.1, 0.15) is 12.1 Å². The molecule has 16 heavy (non-hydrogen) atoms. The lowest BCUT2D eigenvalue weighted by molar-refractivity contribution is 0.453. The first kappa shape index (κ1) is 11.3. The summed E-state index contributed by atoms with van der Waals surface area (Å²) >= 11 is 1.79. The number of aryl methyl sites for hydroxylation is 1. The van der Waals surface area contributed by atoms with Gasteiger partial charge in [-0.25, -0.2) is 0 Å². The van der Waals surface area contributed by atoms with Crippen molar-refractivity contribution in [2.24, 2.45) is 4.99 Å². The van der Waals surface area contributed by atoms with Crippen LogP contribution in [-0.2, 0) is 6.54 Å². The van der Waals surface area contributed by atoms with Crippen LogP contribution in [0.5, 0.6) is 5.75 Å². The summed E-state index contributed by atoms with van der Waals surface area (Å²) in [5, 5.41) is 10.7. The van der Waals surface area contributed by atoms with Gasteiger partial charge in [0.25, 0.3) is 0 Å². The number of rotatable bonds is 3. The third-order valence-electron chi connectivity index (χ3n) is 2.63. The van der Waals surface area contributed by atoms with Gasteiger partial charge < -0.3 is 9.67 Å². The summed E-state index contributed by atoms with van der Waals surface area (Å²) in [4.78, 5) is 15.5. The van der Waals surface area contributed by atoms with Gasteiger partial charge in [0.2, 0.25) is 5.43 Å². The number of aromatic hydroxyl groups is 1. The molecule has 0 fully saturated rings. The molecule has 0 aliphatic carbocycles. The highest BCUT2D eigenvalue weighted by molar-refractivity contribution is 8.14. The number of hydrogen-bond donors (Lipinski definition) is 1. The third kappa shape index (κ3) is 2.29. The van der Waals surface area contributed by atoms with Gasteiger partial charge in [0.1, 0.15) is 0 Å². The Morgan fingerprint density at radius 3 is 3.12 bits per heavy atom. The molecule has 0 amide bonds. The molecule has 5 heteroatoms. The maximum Gasteiger partial charge on any atom is 0.223 e. The Kier molecular flexibility index (Phi) is 3.33. The predicted molar refractivity (Wildman–Crippen MR) is 66.5 cm³/mol. The topological polar surface area (TPSA) is 54.6 Å². The van der Waals surface area contributed by atoms with Crippen LogP contribution in [0.3, 0.4) is 0 Å². The fraction of sp³-hybridized carbons (Fsp3) is 0.455. The molecule has 2 rings (SSSR count). The van der Waals surface area contributed by atoms with Crippen molar-refractivity contribution in [3.63, 3.8) is 0 Å². The minimum atomic E-state index is -0.318. The average Bonchev–Trinajstić information content (AvgIpc) is 2.78. The third-order valence-corrected chi connectivity index (χ3v) is 3.68. The van der Waals surface area contributed by atoms with Crippen molar-refractivity contribution in [2.45, 2.75) is 19.9 Å². The zero-order chi connectivity index (χ0) is 11.5. The predicted octanol–water partition coefficient (Wildman–Crippen LogP) is 1.40. The summed E-state index contributed by atoms with van der Waals surface area (Å²) < 4.78 is 1.89. The highest BCUT2D eigenvalue weighted by Gasteiger charge is 2.09. The molecule has 1 aromatic heterocycles. The Bertz CT molecular complexity index is 479. The Morgan fingerprint density at radius 1 is 1.62 bits per heavy atom. The molecule has 0 bridgehead atoms. The molecular formula is C11H14N2O2S. The van der Waals surface area contributed by atoms with Crippen LogP contribution < -0.4 is 5.43 Å². The molecular weight excluding hydrogens is 224 g/mol. The van der Waals surface area contributed by atoms with E-state index >= 15 is 0 Å². The summed E-state index contributed by atoms with van der Waals surface area (Å²) in [5.41, 5.74) is 0.303. The Morgan fingerprint density at radius 2 is 2.44 bits per heavy atom. The highest BCUT2D eigenvalue weighted by atomic mass is 32.2. The summed E-state index contributed by atoms with van der Waals surface area (Å²) in [7, 11) is 0. The number of hydrogen-bond acceptors (Lipinski definition) is 4. The molecule has 1 N–H and O–H groups in total. The van der Waals surface area contributed by atoms with Gasteiger partial charge in [0.05, 0.1) is 10.7 Å². The standard InChI is InChI=1S/C11H14N2O2S/c1-8-11(15)9(14)2-5-13(8)6-3-10-12-4-7-16-10/h2,5,15H,3-4,6-7H2,1H3. The minimum Gasteiger partial charge on any atom is -0.503 e. The quantitative estimate of drug-likeness (QED) is 0.866. The van der Waals surface area contributed by atoms with Gasteiger partial charge in [-0.3, -0.25) is 9.79 Å². The van der Waals surface area contributed by atoms with Crippen molar-refractivity contribution >= 4 is 16.8 Å². The summed E-state index contributed by atoms with van der Waals surface area (Å²) in [6.07, 6.45) is 2.59. The fourth-order valence-electron chi connectivity index (χ4n) is 1.65. The van der Waals surface area contributed by atoms with Gasteiger partial charge in [-0.05, 0) is 6.92 Å². The zero-order valence-corrected chi connectivity index (χ0v) is 9.96. The summed E-state index contributed by atoms with van der Waals surface area (Å²) in [5.74, 6) is 0.924. The Labute approximate surface area is 98.0 Å². The zero-order valence-electron chi connectivity index (χ0n) is 9.14. The van der Waals surface area contributed by atoms with Gasteiger partial charge >= 0.3 is 0 Å². The van der Waals surface area contributed by atoms with E-state index in [2.05, 4.69) is 4.99 Å². The van der Waals surface area contributed by atoms with E-state index < -0.39 is 0 Å². The van der Waals surface area contributed by atoms with Gasteiger partial charge in [0.15, 0.2) is 5.75 Å². The summed E-state index contributed by atoms with van der Waals surface area (Å²) in [6.45, 7) is 3.42. The highest BCUT2D eigenvalue weighted by Crippen LogP contribution is 2.16. The van der Waals surface area contributed by atoms with Gasteiger partial charge in [-0.15, -0.1) is 11.8 Å². The van der Waals surface area contributed by atoms with Crippen LogP contribution in [0.15, 0.2) is 22.1 Å². The second kappa shape index (κ2) is 4.74. The van der Waals surface area contributed by atoms with Crippen molar-refractivity contribution in [3.8, 4) is 5.75 Å². The molecule has 0 radical (unpaired) electrons. The van der Waals surface area contributed by atoms with Gasteiger partial charge in [-0.2, -0.15) is 0 Å². The molecule has 0 saturated carbocycles. The van der Waals surface area contributed by atoms with Crippen LogP contribution in [0.25, 0.3) is 0 Å². The van der Waals surface area contributed by atoms with Crippen molar-refractivity contribution in [1.29, 1.82) is 0 Å². The molecule has 0 aromatic carbocycles. The smallest absolute Gasteiger partial charge is 0.223 e. The van der Waals surface area contributed by atoms with Gasteiger partial charge in [0, 0.05) is 37.5 Å². The fourth-order valence-corrected chi connectivity index (χ4v) is 2.49. The molecule has 0 saturated heterocycles. The average molecular weight is 238 g/mol. The molecule has 0 atom stereocenters. The van der Waals surface area contributed by atoms with Crippen LogP contribution in [-0.4, -0.2) is 27.0 Å². The second-order valence-electron chi connectivity index (χ2n) is 3.68. The molecule has 1 aromatic rings. The minimum absolute atomic E-state index is 0.150. The lowest BCUT2D eigenvalue weighted by Crippen LogP contribution is -2.11. The molecule has 2 heterocycles. The molecule has 0 spiro atoms. The number of aromatic nitrogens is 1. The maximum absolute atomic E-state index is 11.2. The first-order valence-electron chi connectivity index (χ1n) is 5.23. The summed E-state index contributed by atoms with van der Waals surface area (Å²) in [6, 6.07) is 1.39. The number of nitrogens with zero attached hydrogens (tertiary/aromatic N) is 2. The van der Waals surface area contributed by atoms with E-state index in [0.29, 0.717) is 5.69 Å². The lowest BCUT2D eigenvalue weighted by Gasteiger charge is -2.10. The number of pyridine rings is 1. The molecule has 86 valence electrons. The second-order valence-corrected chi connectivity index (χ2v) is 4.85. The van der Waals surface area contributed by atoms with Crippen LogP contribution in [0.4, 0.5) is 0 Å². The molecule has 4 nitrogen and oxygen atoms in total. The Balaban J connectivity index is 2.10. The van der Waals surface area contributed by atoms with Crippen LogP contribution in [0, 0.1) is 6.92 Å². The molecule has 1 aliphatic heterocycles. The van der Waals surface area contributed by atoms with Crippen molar-refractivity contribution in [3.05, 3.63) is 28.2 Å². The molecule has 0 unspecified atom stereocenters. The van der Waals surface area contributed by atoms with E-state index in [1.54, 1.807) is 24.9 Å². The van der Waals surface area contributed by atoms with Gasteiger partial charge in [-0.1, -0.05) is 0 Å². The number of thioether (sulfide) groups is 1. The monoisotopic (exact) mass is 238 g/mol. The van der Waals surface area contributed by atoms with Crippen molar-refractivity contribution < 1.29 is 5.11 Å². The van der Waals surface area contributed by atoms with Crippen LogP contribution in [0.2, 0.25) is 0 Å². The van der Waals surface area contributed by atoms with E-state index in [-0.39, 0.29) is 11.2 Å². The van der Waals surface area contributed by atoms with E-state index in [9.17, 15) is 9.90 Å². The normalized spacial score (nSPS) is 15.2. The van der Waals surface area contributed by atoms with Crippen molar-refractivity contribution in [1.82, 2.24) is 4.57 Å². The SMILES string of the molecule is Cc1c(O)c(=O)ccn1CCC1=NCCS1.